The molecule has 3 rings (SSSR count). The molecule has 1 aromatic carbocycles. The van der Waals surface area contributed by atoms with Gasteiger partial charge in [0.15, 0.2) is 5.82 Å². The lowest BCUT2D eigenvalue weighted by atomic mass is 10.2. The van der Waals surface area contributed by atoms with Crippen molar-refractivity contribution in [3.63, 3.8) is 0 Å². The number of fused-ring (bicyclic) bond motifs is 1. The van der Waals surface area contributed by atoms with Gasteiger partial charge in [0.05, 0.1) is 17.3 Å². The minimum atomic E-state index is -0.0120. The van der Waals surface area contributed by atoms with E-state index in [4.69, 9.17) is 11.1 Å². The Bertz CT molecular complexity index is 772. The van der Waals surface area contributed by atoms with Gasteiger partial charge in [-0.15, -0.1) is 0 Å². The van der Waals surface area contributed by atoms with Gasteiger partial charge in [-0.2, -0.15) is 5.10 Å². The number of para-hydroxylation sites is 1. The Kier molecular flexibility index (Phi) is 2.52. The van der Waals surface area contributed by atoms with Crippen LogP contribution >= 0.6 is 0 Å². The molecule has 0 aliphatic rings. The third-order valence-corrected chi connectivity index (χ3v) is 2.98. The predicted octanol–water partition coefficient (Wildman–Crippen LogP) is 2.01. The maximum atomic E-state index is 7.65. The quantitative estimate of drug-likeness (QED) is 0.540. The highest BCUT2D eigenvalue weighted by molar-refractivity contribution is 5.98. The van der Waals surface area contributed by atoms with Crippen LogP contribution in [0.2, 0.25) is 0 Å². The Morgan fingerprint density at radius 2 is 2.00 bits per heavy atom. The molecule has 2 aromatic heterocycles. The largest absolute Gasteiger partial charge is 0.384 e. The fourth-order valence-corrected chi connectivity index (χ4v) is 2.06. The molecule has 0 aliphatic carbocycles. The molecule has 3 aromatic rings. The van der Waals surface area contributed by atoms with Gasteiger partial charge in [0.2, 0.25) is 0 Å². The van der Waals surface area contributed by atoms with Crippen LogP contribution in [0.15, 0.2) is 42.6 Å². The standard InChI is InChI=1S/C14H13N5/c1-9-6-7-11(13(15)16)14(18-9)19-12-5-3-2-4-10(12)8-17-19/h2-8H,1H3,(H3,15,16). The Morgan fingerprint density at radius 1 is 1.21 bits per heavy atom. The zero-order chi connectivity index (χ0) is 13.4. The molecule has 5 heteroatoms. The zero-order valence-corrected chi connectivity index (χ0v) is 10.5. The molecule has 94 valence electrons. The van der Waals surface area contributed by atoms with Crippen molar-refractivity contribution in [2.24, 2.45) is 5.73 Å². The molecule has 3 N–H and O–H groups in total. The van der Waals surface area contributed by atoms with Crippen LogP contribution in [0.25, 0.3) is 16.7 Å². The number of benzene rings is 1. The van der Waals surface area contributed by atoms with Crippen molar-refractivity contribution >= 4 is 16.7 Å². The molecule has 0 saturated carbocycles. The van der Waals surface area contributed by atoms with E-state index in [0.29, 0.717) is 11.4 Å². The van der Waals surface area contributed by atoms with Crippen molar-refractivity contribution in [1.29, 1.82) is 5.41 Å². The van der Waals surface area contributed by atoms with E-state index in [-0.39, 0.29) is 5.84 Å². The van der Waals surface area contributed by atoms with Crippen LogP contribution in [0.3, 0.4) is 0 Å². The Morgan fingerprint density at radius 3 is 2.79 bits per heavy atom. The van der Waals surface area contributed by atoms with Gasteiger partial charge in [0.1, 0.15) is 5.84 Å². The van der Waals surface area contributed by atoms with Crippen LogP contribution < -0.4 is 5.73 Å². The summed E-state index contributed by atoms with van der Waals surface area (Å²) in [6.07, 6.45) is 1.78. The minimum absolute atomic E-state index is 0.0120. The van der Waals surface area contributed by atoms with Gasteiger partial charge in [0.25, 0.3) is 0 Å². The first kappa shape index (κ1) is 11.4. The molecular formula is C14H13N5. The molecule has 5 nitrogen and oxygen atoms in total. The number of aromatic nitrogens is 3. The van der Waals surface area contributed by atoms with Gasteiger partial charge in [-0.25, -0.2) is 9.67 Å². The summed E-state index contributed by atoms with van der Waals surface area (Å²) in [7, 11) is 0. The number of nitrogen functional groups attached to an aromatic ring is 1. The maximum Gasteiger partial charge on any atom is 0.165 e. The second-order valence-corrected chi connectivity index (χ2v) is 4.35. The number of pyridine rings is 1. The number of hydrogen-bond donors (Lipinski definition) is 2. The summed E-state index contributed by atoms with van der Waals surface area (Å²) in [6.45, 7) is 1.90. The smallest absolute Gasteiger partial charge is 0.165 e. The molecule has 0 fully saturated rings. The van der Waals surface area contributed by atoms with Crippen molar-refractivity contribution in [3.05, 3.63) is 53.9 Å². The molecule has 0 saturated heterocycles. The highest BCUT2D eigenvalue weighted by atomic mass is 15.3. The van der Waals surface area contributed by atoms with Crippen LogP contribution in [0.5, 0.6) is 0 Å². The maximum absolute atomic E-state index is 7.65. The number of rotatable bonds is 2. The van der Waals surface area contributed by atoms with E-state index in [1.54, 1.807) is 16.9 Å². The first-order valence-corrected chi connectivity index (χ1v) is 5.92. The fourth-order valence-electron chi connectivity index (χ4n) is 2.06. The summed E-state index contributed by atoms with van der Waals surface area (Å²) in [6, 6.07) is 11.5. The molecule has 0 amide bonds. The molecule has 19 heavy (non-hydrogen) atoms. The number of nitrogens with one attached hydrogen (secondary N) is 1. The average molecular weight is 251 g/mol. The monoisotopic (exact) mass is 251 g/mol. The van der Waals surface area contributed by atoms with E-state index in [0.717, 1.165) is 16.6 Å². The molecular weight excluding hydrogens is 238 g/mol. The molecule has 2 heterocycles. The molecule has 0 spiro atoms. The first-order chi connectivity index (χ1) is 9.16. The van der Waals surface area contributed by atoms with Crippen molar-refractivity contribution < 1.29 is 0 Å². The van der Waals surface area contributed by atoms with E-state index in [2.05, 4.69) is 10.1 Å². The van der Waals surface area contributed by atoms with Crippen molar-refractivity contribution in [2.75, 3.05) is 0 Å². The van der Waals surface area contributed by atoms with E-state index >= 15 is 0 Å². The number of nitrogens with two attached hydrogens (primary N) is 1. The van der Waals surface area contributed by atoms with Gasteiger partial charge in [-0.3, -0.25) is 5.41 Å². The number of hydrogen-bond acceptors (Lipinski definition) is 3. The SMILES string of the molecule is Cc1ccc(C(=N)N)c(-n2ncc3ccccc32)n1. The van der Waals surface area contributed by atoms with Crippen LogP contribution in [0, 0.1) is 12.3 Å². The van der Waals surface area contributed by atoms with Gasteiger partial charge >= 0.3 is 0 Å². The zero-order valence-electron chi connectivity index (χ0n) is 10.5. The normalized spacial score (nSPS) is 10.8. The van der Waals surface area contributed by atoms with Gasteiger partial charge < -0.3 is 5.73 Å². The van der Waals surface area contributed by atoms with E-state index in [1.165, 1.54) is 0 Å². The predicted molar refractivity (Wildman–Crippen MR) is 74.6 cm³/mol. The summed E-state index contributed by atoms with van der Waals surface area (Å²) in [5, 5.41) is 13.0. The van der Waals surface area contributed by atoms with Crippen molar-refractivity contribution in [3.8, 4) is 5.82 Å². The van der Waals surface area contributed by atoms with Crippen molar-refractivity contribution in [1.82, 2.24) is 14.8 Å². The highest BCUT2D eigenvalue weighted by Gasteiger charge is 2.12. The van der Waals surface area contributed by atoms with Crippen LogP contribution in [-0.2, 0) is 0 Å². The summed E-state index contributed by atoms with van der Waals surface area (Å²) in [4.78, 5) is 4.47. The lowest BCUT2D eigenvalue weighted by molar-refractivity contribution is 0.864. The van der Waals surface area contributed by atoms with Crippen LogP contribution in [0.1, 0.15) is 11.3 Å². The van der Waals surface area contributed by atoms with E-state index < -0.39 is 0 Å². The lowest BCUT2D eigenvalue weighted by Gasteiger charge is -2.09. The first-order valence-electron chi connectivity index (χ1n) is 5.92. The summed E-state index contributed by atoms with van der Waals surface area (Å²) in [5.74, 6) is 0.579. The topological polar surface area (TPSA) is 80.6 Å². The van der Waals surface area contributed by atoms with Crippen LogP contribution in [0.4, 0.5) is 0 Å². The number of nitrogens with zero attached hydrogens (tertiary/aromatic N) is 3. The Hall–Kier alpha value is -2.69. The summed E-state index contributed by atoms with van der Waals surface area (Å²) in [5.41, 5.74) is 8.01. The number of aryl methyl sites for hydroxylation is 1. The minimum Gasteiger partial charge on any atom is -0.384 e. The summed E-state index contributed by atoms with van der Waals surface area (Å²) >= 11 is 0. The molecule has 0 bridgehead atoms. The third kappa shape index (κ3) is 1.85. The highest BCUT2D eigenvalue weighted by Crippen LogP contribution is 2.19. The Balaban J connectivity index is 2.32. The van der Waals surface area contributed by atoms with Crippen LogP contribution in [-0.4, -0.2) is 20.6 Å². The van der Waals surface area contributed by atoms with E-state index in [9.17, 15) is 0 Å². The molecule has 0 atom stereocenters. The fraction of sp³-hybridized carbons (Fsp3) is 0.0714. The lowest BCUT2D eigenvalue weighted by Crippen LogP contribution is -2.16. The van der Waals surface area contributed by atoms with Gasteiger partial charge in [-0.05, 0) is 25.1 Å². The Labute approximate surface area is 110 Å². The van der Waals surface area contributed by atoms with Crippen molar-refractivity contribution in [2.45, 2.75) is 6.92 Å². The van der Waals surface area contributed by atoms with Gasteiger partial charge in [-0.1, -0.05) is 18.2 Å². The molecule has 0 unspecified atom stereocenters. The number of amidine groups is 1. The average Bonchev–Trinajstić information content (AvgIpc) is 2.82. The summed E-state index contributed by atoms with van der Waals surface area (Å²) < 4.78 is 1.72. The third-order valence-electron chi connectivity index (χ3n) is 2.98. The second-order valence-electron chi connectivity index (χ2n) is 4.35. The van der Waals surface area contributed by atoms with E-state index in [1.807, 2.05) is 37.3 Å². The molecule has 0 radical (unpaired) electrons. The second kappa shape index (κ2) is 4.20. The molecule has 0 aliphatic heterocycles. The van der Waals surface area contributed by atoms with Gasteiger partial charge in [0, 0.05) is 11.1 Å².